The predicted molar refractivity (Wildman–Crippen MR) is 101 cm³/mol. The molecule has 9 heteroatoms. The molecule has 0 aromatic heterocycles. The molecule has 0 spiro atoms. The zero-order chi connectivity index (χ0) is 21.1. The molecule has 2 amide bonds. The Kier molecular flexibility index (Phi) is 6.60. The molecule has 0 bridgehead atoms. The quantitative estimate of drug-likeness (QED) is 0.715. The summed E-state index contributed by atoms with van der Waals surface area (Å²) in [6.07, 6.45) is 1.18. The van der Waals surface area contributed by atoms with Crippen molar-refractivity contribution in [1.29, 1.82) is 0 Å². The number of rotatable bonds is 6. The van der Waals surface area contributed by atoms with Crippen LogP contribution in [0.4, 0.5) is 0 Å². The molecule has 1 aromatic rings. The van der Waals surface area contributed by atoms with E-state index in [0.29, 0.717) is 4.31 Å². The fourth-order valence-electron chi connectivity index (χ4n) is 2.98. The zero-order valence-electron chi connectivity index (χ0n) is 16.3. The van der Waals surface area contributed by atoms with Gasteiger partial charge in [-0.25, -0.2) is 12.7 Å². The van der Waals surface area contributed by atoms with Crippen LogP contribution in [0.1, 0.15) is 32.8 Å². The van der Waals surface area contributed by atoms with E-state index >= 15 is 0 Å². The first kappa shape index (κ1) is 21.6. The maximum Gasteiger partial charge on any atom is 0.307 e. The molecule has 152 valence electrons. The summed E-state index contributed by atoms with van der Waals surface area (Å²) >= 11 is 0. The van der Waals surface area contributed by atoms with Crippen LogP contribution in [0.3, 0.4) is 0 Å². The minimum absolute atomic E-state index is 0.0726. The maximum absolute atomic E-state index is 13.2. The van der Waals surface area contributed by atoms with Crippen molar-refractivity contribution < 1.29 is 27.5 Å². The van der Waals surface area contributed by atoms with Gasteiger partial charge in [-0.05, 0) is 31.9 Å². The highest BCUT2D eigenvalue weighted by atomic mass is 32.2. The molecule has 0 fully saturated rings. The first-order valence-electron chi connectivity index (χ1n) is 8.88. The molecule has 0 radical (unpaired) electrons. The first-order chi connectivity index (χ1) is 13.1. The molecule has 2 atom stereocenters. The SMILES string of the molecule is CCOC(=O)C[C@@H]1[C@@H](C)C=C(NC(C)=O)C(=O)N1S(=O)(=O)c1ccc(C)cc1. The third kappa shape index (κ3) is 4.59. The molecule has 8 nitrogen and oxygen atoms in total. The van der Waals surface area contributed by atoms with Crippen molar-refractivity contribution in [2.24, 2.45) is 5.92 Å². The summed E-state index contributed by atoms with van der Waals surface area (Å²) in [6, 6.07) is 5.09. The highest BCUT2D eigenvalue weighted by Crippen LogP contribution is 2.31. The summed E-state index contributed by atoms with van der Waals surface area (Å²) in [5.74, 6) is -2.50. The molecule has 0 unspecified atom stereocenters. The van der Waals surface area contributed by atoms with E-state index in [9.17, 15) is 22.8 Å². The Balaban J connectivity index is 2.53. The lowest BCUT2D eigenvalue weighted by Crippen LogP contribution is -2.53. The summed E-state index contributed by atoms with van der Waals surface area (Å²) in [5.41, 5.74) is 0.731. The van der Waals surface area contributed by atoms with E-state index in [0.717, 1.165) is 5.56 Å². The van der Waals surface area contributed by atoms with Crippen molar-refractivity contribution in [3.8, 4) is 0 Å². The highest BCUT2D eigenvalue weighted by Gasteiger charge is 2.43. The van der Waals surface area contributed by atoms with E-state index in [1.54, 1.807) is 26.0 Å². The summed E-state index contributed by atoms with van der Waals surface area (Å²) in [7, 11) is -4.26. The van der Waals surface area contributed by atoms with Crippen molar-refractivity contribution in [2.75, 3.05) is 6.61 Å². The largest absolute Gasteiger partial charge is 0.466 e. The van der Waals surface area contributed by atoms with Gasteiger partial charge in [0, 0.05) is 6.92 Å². The van der Waals surface area contributed by atoms with Gasteiger partial charge < -0.3 is 10.1 Å². The van der Waals surface area contributed by atoms with Gasteiger partial charge in [-0.15, -0.1) is 0 Å². The number of carbonyl (C=O) groups excluding carboxylic acids is 3. The van der Waals surface area contributed by atoms with Crippen LogP contribution in [0.2, 0.25) is 0 Å². The lowest BCUT2D eigenvalue weighted by atomic mass is 9.94. The second-order valence-electron chi connectivity index (χ2n) is 6.62. The van der Waals surface area contributed by atoms with Crippen LogP contribution >= 0.6 is 0 Å². The maximum atomic E-state index is 13.2. The Labute approximate surface area is 164 Å². The topological polar surface area (TPSA) is 110 Å². The molecule has 0 saturated carbocycles. The van der Waals surface area contributed by atoms with Crippen molar-refractivity contribution >= 4 is 27.8 Å². The summed E-state index contributed by atoms with van der Waals surface area (Å²) in [5, 5.41) is 2.37. The highest BCUT2D eigenvalue weighted by molar-refractivity contribution is 7.89. The third-order valence-corrected chi connectivity index (χ3v) is 6.16. The van der Waals surface area contributed by atoms with Gasteiger partial charge in [-0.2, -0.15) is 0 Å². The molecule has 1 aliphatic rings. The number of ether oxygens (including phenoxy) is 1. The average Bonchev–Trinajstić information content (AvgIpc) is 2.59. The van der Waals surface area contributed by atoms with Gasteiger partial charge in [0.15, 0.2) is 0 Å². The van der Waals surface area contributed by atoms with Gasteiger partial charge in [-0.3, -0.25) is 14.4 Å². The second kappa shape index (κ2) is 8.55. The van der Waals surface area contributed by atoms with E-state index in [-0.39, 0.29) is 23.6 Å². The van der Waals surface area contributed by atoms with E-state index in [4.69, 9.17) is 4.74 Å². The third-order valence-electron chi connectivity index (χ3n) is 4.34. The van der Waals surface area contributed by atoms with Crippen LogP contribution in [0.15, 0.2) is 40.9 Å². The smallest absolute Gasteiger partial charge is 0.307 e. The number of hydrogen-bond acceptors (Lipinski definition) is 6. The van der Waals surface area contributed by atoms with Crippen LogP contribution in [-0.4, -0.2) is 43.2 Å². The number of aryl methyl sites for hydroxylation is 1. The van der Waals surface area contributed by atoms with E-state index in [1.807, 2.05) is 6.92 Å². The number of carbonyl (C=O) groups is 3. The molecule has 28 heavy (non-hydrogen) atoms. The van der Waals surface area contributed by atoms with Gasteiger partial charge >= 0.3 is 5.97 Å². The number of hydrogen-bond donors (Lipinski definition) is 1. The van der Waals surface area contributed by atoms with Crippen molar-refractivity contribution in [1.82, 2.24) is 9.62 Å². The summed E-state index contributed by atoms with van der Waals surface area (Å²) in [6.45, 7) is 6.50. The Bertz CT molecular complexity index is 905. The molecule has 2 rings (SSSR count). The van der Waals surface area contributed by atoms with Gasteiger partial charge in [-0.1, -0.05) is 30.7 Å². The Morgan fingerprint density at radius 3 is 2.36 bits per heavy atom. The first-order valence-corrected chi connectivity index (χ1v) is 10.3. The lowest BCUT2D eigenvalue weighted by molar-refractivity contribution is -0.145. The van der Waals surface area contributed by atoms with Gasteiger partial charge in [0.05, 0.1) is 24.0 Å². The fraction of sp³-hybridized carbons (Fsp3) is 0.421. The van der Waals surface area contributed by atoms with Gasteiger partial charge in [0.1, 0.15) is 5.70 Å². The fourth-order valence-corrected chi connectivity index (χ4v) is 4.63. The minimum Gasteiger partial charge on any atom is -0.466 e. The normalized spacial score (nSPS) is 19.8. The molecular weight excluding hydrogens is 384 g/mol. The van der Waals surface area contributed by atoms with E-state index in [1.165, 1.54) is 25.1 Å². The zero-order valence-corrected chi connectivity index (χ0v) is 17.1. The molecule has 1 aromatic carbocycles. The molecule has 1 heterocycles. The average molecular weight is 408 g/mol. The monoisotopic (exact) mass is 408 g/mol. The predicted octanol–water partition coefficient (Wildman–Crippen LogP) is 1.50. The minimum atomic E-state index is -4.26. The van der Waals surface area contributed by atoms with Gasteiger partial charge in [0.2, 0.25) is 5.91 Å². The second-order valence-corrected chi connectivity index (χ2v) is 8.43. The van der Waals surface area contributed by atoms with E-state index < -0.39 is 39.8 Å². The molecule has 1 N–H and O–H groups in total. The standard InChI is InChI=1S/C19H24N2O6S/c1-5-27-18(23)11-17-13(3)10-16(20-14(4)22)19(24)21(17)28(25,26)15-8-6-12(2)7-9-15/h6-10,13,17H,5,11H2,1-4H3,(H,20,22)/t13-,17+/m0/s1. The number of sulfonamides is 1. The van der Waals surface area contributed by atoms with Crippen LogP contribution in [0.25, 0.3) is 0 Å². The number of benzene rings is 1. The number of nitrogens with zero attached hydrogens (tertiary/aromatic N) is 1. The summed E-state index contributed by atoms with van der Waals surface area (Å²) in [4.78, 5) is 36.3. The van der Waals surface area contributed by atoms with Crippen LogP contribution < -0.4 is 5.32 Å². The summed E-state index contributed by atoms with van der Waals surface area (Å²) < 4.78 is 32.1. The molecule has 0 aliphatic carbocycles. The van der Waals surface area contributed by atoms with Gasteiger partial charge in [0.25, 0.3) is 15.9 Å². The number of amides is 2. The lowest BCUT2D eigenvalue weighted by Gasteiger charge is -2.37. The molecular formula is C19H24N2O6S. The molecule has 1 aliphatic heterocycles. The van der Waals surface area contributed by atoms with Crippen LogP contribution in [0.5, 0.6) is 0 Å². The number of esters is 1. The van der Waals surface area contributed by atoms with Crippen molar-refractivity contribution in [2.45, 2.75) is 45.1 Å². The van der Waals surface area contributed by atoms with Crippen LogP contribution in [-0.2, 0) is 29.1 Å². The Morgan fingerprint density at radius 2 is 1.82 bits per heavy atom. The van der Waals surface area contributed by atoms with E-state index in [2.05, 4.69) is 5.32 Å². The van der Waals surface area contributed by atoms with Crippen molar-refractivity contribution in [3.63, 3.8) is 0 Å². The Morgan fingerprint density at radius 1 is 1.21 bits per heavy atom. The number of nitrogens with one attached hydrogen (secondary N) is 1. The van der Waals surface area contributed by atoms with Crippen molar-refractivity contribution in [3.05, 3.63) is 41.6 Å². The Hall–Kier alpha value is -2.68. The molecule has 0 saturated heterocycles. The van der Waals surface area contributed by atoms with Crippen LogP contribution in [0, 0.1) is 12.8 Å².